The second-order valence-electron chi connectivity index (χ2n) is 7.86. The zero-order chi connectivity index (χ0) is 14.8. The van der Waals surface area contributed by atoms with Crippen LogP contribution in [0.15, 0.2) is 0 Å². The lowest BCUT2D eigenvalue weighted by atomic mass is 9.67. The summed E-state index contributed by atoms with van der Waals surface area (Å²) in [5.41, 5.74) is 0.338. The van der Waals surface area contributed by atoms with Crippen molar-refractivity contribution in [2.24, 2.45) is 23.2 Å². The van der Waals surface area contributed by atoms with Gasteiger partial charge in [-0.2, -0.15) is 5.26 Å². The van der Waals surface area contributed by atoms with Crippen molar-refractivity contribution in [3.63, 3.8) is 0 Å². The van der Waals surface area contributed by atoms with Crippen molar-refractivity contribution in [2.75, 3.05) is 19.7 Å². The van der Waals surface area contributed by atoms with Crippen molar-refractivity contribution in [1.82, 2.24) is 4.90 Å². The Morgan fingerprint density at radius 3 is 2.60 bits per heavy atom. The van der Waals surface area contributed by atoms with Crippen LogP contribution in [-0.4, -0.2) is 35.7 Å². The Morgan fingerprint density at radius 2 is 2.00 bits per heavy atom. The van der Waals surface area contributed by atoms with E-state index in [-0.39, 0.29) is 5.92 Å². The summed E-state index contributed by atoms with van der Waals surface area (Å²) in [5, 5.41) is 18.9. The molecule has 0 radical (unpaired) electrons. The molecule has 1 saturated carbocycles. The van der Waals surface area contributed by atoms with E-state index in [0.717, 1.165) is 32.4 Å². The summed E-state index contributed by atoms with van der Waals surface area (Å²) >= 11 is 0. The summed E-state index contributed by atoms with van der Waals surface area (Å²) in [4.78, 5) is 2.51. The molecule has 20 heavy (non-hydrogen) atoms. The van der Waals surface area contributed by atoms with Crippen LogP contribution in [0.4, 0.5) is 0 Å². The minimum Gasteiger partial charge on any atom is -0.396 e. The Balaban J connectivity index is 2.07. The summed E-state index contributed by atoms with van der Waals surface area (Å²) in [7, 11) is 0. The summed E-state index contributed by atoms with van der Waals surface area (Å²) < 4.78 is 0. The number of rotatable bonds is 2. The molecule has 4 unspecified atom stereocenters. The summed E-state index contributed by atoms with van der Waals surface area (Å²) in [5.74, 6) is 1.32. The molecule has 0 aromatic rings. The fraction of sp³-hybridized carbons (Fsp3) is 0.941. The van der Waals surface area contributed by atoms with Gasteiger partial charge in [0.25, 0.3) is 0 Å². The topological polar surface area (TPSA) is 47.3 Å². The second kappa shape index (κ2) is 6.45. The molecular formula is C17H30N2O. The summed E-state index contributed by atoms with van der Waals surface area (Å²) in [6.07, 6.45) is 5.69. The molecular weight excluding hydrogens is 248 g/mol. The summed E-state index contributed by atoms with van der Waals surface area (Å²) in [6.45, 7) is 9.37. The first kappa shape index (κ1) is 15.8. The van der Waals surface area contributed by atoms with Crippen LogP contribution < -0.4 is 0 Å². The van der Waals surface area contributed by atoms with E-state index in [0.29, 0.717) is 29.9 Å². The Kier molecular flexibility index (Phi) is 5.09. The third-order valence-corrected chi connectivity index (χ3v) is 5.48. The molecule has 1 heterocycles. The van der Waals surface area contributed by atoms with Crippen LogP contribution in [0.1, 0.15) is 52.9 Å². The maximum atomic E-state index is 9.48. The van der Waals surface area contributed by atoms with Gasteiger partial charge in [-0.3, -0.25) is 4.90 Å². The molecule has 0 amide bonds. The van der Waals surface area contributed by atoms with Gasteiger partial charge >= 0.3 is 0 Å². The average Bonchev–Trinajstić information content (AvgIpc) is 2.45. The smallest absolute Gasteiger partial charge is 0.0672 e. The van der Waals surface area contributed by atoms with E-state index in [2.05, 4.69) is 31.7 Å². The van der Waals surface area contributed by atoms with Crippen molar-refractivity contribution in [2.45, 2.75) is 58.9 Å². The summed E-state index contributed by atoms with van der Waals surface area (Å²) in [6, 6.07) is 2.96. The Morgan fingerprint density at radius 1 is 1.25 bits per heavy atom. The number of piperidine rings is 1. The maximum Gasteiger partial charge on any atom is 0.0672 e. The predicted molar refractivity (Wildman–Crippen MR) is 81.1 cm³/mol. The molecule has 1 N–H and O–H groups in total. The van der Waals surface area contributed by atoms with E-state index in [4.69, 9.17) is 0 Å². The molecule has 1 aliphatic carbocycles. The van der Waals surface area contributed by atoms with Crippen molar-refractivity contribution in [1.29, 1.82) is 5.26 Å². The molecule has 0 aromatic carbocycles. The molecule has 2 rings (SSSR count). The molecule has 3 nitrogen and oxygen atoms in total. The van der Waals surface area contributed by atoms with Crippen LogP contribution in [-0.2, 0) is 0 Å². The van der Waals surface area contributed by atoms with Crippen molar-refractivity contribution in [3.8, 4) is 6.07 Å². The standard InChI is InChI=1S/C17H30N2O/c1-17(2,3)15-7-6-14(10-18)16(9-15)19-8-4-5-13(11-19)12-20/h13-16,20H,4-9,11-12H2,1-3H3. The highest BCUT2D eigenvalue weighted by atomic mass is 16.3. The number of likely N-dealkylation sites (tertiary alicyclic amines) is 1. The van der Waals surface area contributed by atoms with Crippen LogP contribution in [0.2, 0.25) is 0 Å². The van der Waals surface area contributed by atoms with Gasteiger partial charge in [0, 0.05) is 19.2 Å². The van der Waals surface area contributed by atoms with Crippen molar-refractivity contribution < 1.29 is 5.11 Å². The fourth-order valence-corrected chi connectivity index (χ4v) is 4.03. The lowest BCUT2D eigenvalue weighted by molar-refractivity contribution is 0.0239. The Bertz CT molecular complexity index is 355. The first-order valence-electron chi connectivity index (χ1n) is 8.20. The van der Waals surface area contributed by atoms with Crippen LogP contribution >= 0.6 is 0 Å². The monoisotopic (exact) mass is 278 g/mol. The van der Waals surface area contributed by atoms with Crippen LogP contribution in [0, 0.1) is 34.5 Å². The SMILES string of the molecule is CC(C)(C)C1CCC(C#N)C(N2CCCC(CO)C2)C1. The highest BCUT2D eigenvalue weighted by Gasteiger charge is 2.39. The lowest BCUT2D eigenvalue weighted by Crippen LogP contribution is -2.50. The normalized spacial score (nSPS) is 36.5. The van der Waals surface area contributed by atoms with Gasteiger partial charge in [0.15, 0.2) is 0 Å². The number of hydrogen-bond donors (Lipinski definition) is 1. The average molecular weight is 278 g/mol. The Hall–Kier alpha value is -0.590. The molecule has 4 atom stereocenters. The van der Waals surface area contributed by atoms with Gasteiger partial charge in [0.2, 0.25) is 0 Å². The first-order valence-corrected chi connectivity index (χ1v) is 8.20. The third-order valence-electron chi connectivity index (χ3n) is 5.48. The number of aliphatic hydroxyl groups is 1. The highest BCUT2D eigenvalue weighted by molar-refractivity contribution is 5.00. The van der Waals surface area contributed by atoms with Gasteiger partial charge in [-0.25, -0.2) is 0 Å². The minimum absolute atomic E-state index is 0.186. The molecule has 0 bridgehead atoms. The van der Waals surface area contributed by atoms with E-state index in [9.17, 15) is 10.4 Å². The Labute approximate surface area is 124 Å². The fourth-order valence-electron chi connectivity index (χ4n) is 4.03. The van der Waals surface area contributed by atoms with Gasteiger partial charge in [0.05, 0.1) is 12.0 Å². The van der Waals surface area contributed by atoms with Crippen LogP contribution in [0.5, 0.6) is 0 Å². The van der Waals surface area contributed by atoms with Crippen LogP contribution in [0.3, 0.4) is 0 Å². The molecule has 1 saturated heterocycles. The lowest BCUT2D eigenvalue weighted by Gasteiger charge is -2.46. The van der Waals surface area contributed by atoms with Gasteiger partial charge in [-0.1, -0.05) is 20.8 Å². The number of nitrogens with zero attached hydrogens (tertiary/aromatic N) is 2. The van der Waals surface area contributed by atoms with E-state index < -0.39 is 0 Å². The highest BCUT2D eigenvalue weighted by Crippen LogP contribution is 2.42. The van der Waals surface area contributed by atoms with Gasteiger partial charge in [-0.05, 0) is 55.9 Å². The molecule has 0 aromatic heterocycles. The number of aliphatic hydroxyl groups excluding tert-OH is 1. The van der Waals surface area contributed by atoms with E-state index in [1.165, 1.54) is 12.8 Å². The molecule has 2 fully saturated rings. The zero-order valence-corrected chi connectivity index (χ0v) is 13.3. The predicted octanol–water partition coefficient (Wildman–Crippen LogP) is 3.05. The largest absolute Gasteiger partial charge is 0.396 e. The molecule has 1 aliphatic heterocycles. The maximum absolute atomic E-state index is 9.48. The van der Waals surface area contributed by atoms with Crippen molar-refractivity contribution >= 4 is 0 Å². The van der Waals surface area contributed by atoms with Gasteiger partial charge < -0.3 is 5.11 Å². The van der Waals surface area contributed by atoms with Crippen LogP contribution in [0.25, 0.3) is 0 Å². The third kappa shape index (κ3) is 3.54. The molecule has 3 heteroatoms. The minimum atomic E-state index is 0.186. The van der Waals surface area contributed by atoms with E-state index in [1.54, 1.807) is 0 Å². The van der Waals surface area contributed by atoms with E-state index in [1.807, 2.05) is 0 Å². The molecule has 0 spiro atoms. The van der Waals surface area contributed by atoms with E-state index >= 15 is 0 Å². The number of hydrogen-bond acceptors (Lipinski definition) is 3. The second-order valence-corrected chi connectivity index (χ2v) is 7.86. The first-order chi connectivity index (χ1) is 9.45. The quantitative estimate of drug-likeness (QED) is 0.844. The molecule has 114 valence electrons. The van der Waals surface area contributed by atoms with Gasteiger partial charge in [-0.15, -0.1) is 0 Å². The zero-order valence-electron chi connectivity index (χ0n) is 13.3. The number of nitriles is 1. The van der Waals surface area contributed by atoms with Gasteiger partial charge in [0.1, 0.15) is 0 Å². The molecule has 2 aliphatic rings. The van der Waals surface area contributed by atoms with Crippen molar-refractivity contribution in [3.05, 3.63) is 0 Å².